The number of carbonyl (C=O) groups is 1. The molecule has 0 heterocycles. The quantitative estimate of drug-likeness (QED) is 0.823. The first-order chi connectivity index (χ1) is 7.50. The second-order valence-corrected chi connectivity index (χ2v) is 4.62. The highest BCUT2D eigenvalue weighted by Crippen LogP contribution is 2.23. The van der Waals surface area contributed by atoms with Crippen molar-refractivity contribution >= 4 is 21.8 Å². The molecule has 5 heteroatoms. The number of nitrogens with one attached hydrogen (secondary N) is 1. The minimum absolute atomic E-state index is 0.0896. The van der Waals surface area contributed by atoms with Gasteiger partial charge in [0.05, 0.1) is 0 Å². The summed E-state index contributed by atoms with van der Waals surface area (Å²) in [6, 6.07) is 7.36. The molecule has 0 fully saturated rings. The van der Waals surface area contributed by atoms with E-state index in [9.17, 15) is 4.79 Å². The molecule has 0 aliphatic heterocycles. The Balaban J connectivity index is 2.62. The topological polar surface area (TPSA) is 58.4 Å². The van der Waals surface area contributed by atoms with Crippen LogP contribution in [0.4, 0.5) is 0 Å². The molecule has 1 atom stereocenters. The van der Waals surface area contributed by atoms with Crippen LogP contribution in [0.15, 0.2) is 28.7 Å². The summed E-state index contributed by atoms with van der Waals surface area (Å²) in [6.07, 6.45) is 0.265. The van der Waals surface area contributed by atoms with Gasteiger partial charge in [-0.1, -0.05) is 34.1 Å². The summed E-state index contributed by atoms with van der Waals surface area (Å²) in [5, 5.41) is 1.61. The molecule has 3 N–H and O–H groups in total. The summed E-state index contributed by atoms with van der Waals surface area (Å²) in [5.74, 6) is -0.0896. The summed E-state index contributed by atoms with van der Waals surface area (Å²) >= 11 is 3.42. The minimum atomic E-state index is -0.296. The lowest BCUT2D eigenvalue weighted by Crippen LogP contribution is -2.37. The Morgan fingerprint density at radius 1 is 1.50 bits per heavy atom. The van der Waals surface area contributed by atoms with E-state index in [0.717, 1.165) is 10.0 Å². The van der Waals surface area contributed by atoms with Crippen molar-refractivity contribution in [1.29, 1.82) is 0 Å². The second kappa shape index (κ2) is 5.98. The van der Waals surface area contributed by atoms with Gasteiger partial charge in [0.1, 0.15) is 0 Å². The monoisotopic (exact) mass is 285 g/mol. The molecule has 0 spiro atoms. The molecule has 0 aliphatic carbocycles. The Hall–Kier alpha value is -0.910. The maximum Gasteiger partial charge on any atom is 0.236 e. The Morgan fingerprint density at radius 2 is 2.12 bits per heavy atom. The number of hydrogen-bond acceptors (Lipinski definition) is 3. The standard InChI is InChI=1S/C11H16BrN3O/c1-15(2)14-11(16)7-10(13)8-5-3-4-6-9(8)12/h3-6,10H,7,13H2,1-2H3,(H,14,16). The van der Waals surface area contributed by atoms with E-state index in [1.54, 1.807) is 19.1 Å². The maximum atomic E-state index is 11.5. The summed E-state index contributed by atoms with van der Waals surface area (Å²) in [6.45, 7) is 0. The van der Waals surface area contributed by atoms with E-state index >= 15 is 0 Å². The van der Waals surface area contributed by atoms with Crippen molar-refractivity contribution in [3.63, 3.8) is 0 Å². The molecule has 0 aromatic heterocycles. The third-order valence-corrected chi connectivity index (χ3v) is 2.78. The number of hydrogen-bond donors (Lipinski definition) is 2. The van der Waals surface area contributed by atoms with E-state index in [1.165, 1.54) is 0 Å². The smallest absolute Gasteiger partial charge is 0.236 e. The van der Waals surface area contributed by atoms with Crippen LogP contribution in [0.5, 0.6) is 0 Å². The van der Waals surface area contributed by atoms with Crippen LogP contribution in [0.3, 0.4) is 0 Å². The van der Waals surface area contributed by atoms with Crippen molar-refractivity contribution in [2.24, 2.45) is 5.73 Å². The largest absolute Gasteiger partial charge is 0.323 e. The number of nitrogens with zero attached hydrogens (tertiary/aromatic N) is 1. The van der Waals surface area contributed by atoms with Gasteiger partial charge in [-0.3, -0.25) is 10.2 Å². The maximum absolute atomic E-state index is 11.5. The van der Waals surface area contributed by atoms with Crippen LogP contribution < -0.4 is 11.2 Å². The summed E-state index contributed by atoms with van der Waals surface area (Å²) < 4.78 is 0.931. The molecule has 1 rings (SSSR count). The van der Waals surface area contributed by atoms with Crippen LogP contribution in [-0.4, -0.2) is 25.0 Å². The van der Waals surface area contributed by atoms with Crippen LogP contribution in [0.25, 0.3) is 0 Å². The van der Waals surface area contributed by atoms with Crippen molar-refractivity contribution in [2.45, 2.75) is 12.5 Å². The van der Waals surface area contributed by atoms with Gasteiger partial charge >= 0.3 is 0 Å². The van der Waals surface area contributed by atoms with Gasteiger partial charge in [-0.05, 0) is 11.6 Å². The van der Waals surface area contributed by atoms with E-state index < -0.39 is 0 Å². The van der Waals surface area contributed by atoms with Crippen molar-refractivity contribution < 1.29 is 4.79 Å². The molecule has 1 aromatic rings. The van der Waals surface area contributed by atoms with Crippen LogP contribution in [0.1, 0.15) is 18.0 Å². The highest BCUT2D eigenvalue weighted by Gasteiger charge is 2.13. The zero-order chi connectivity index (χ0) is 12.1. The van der Waals surface area contributed by atoms with Crippen LogP contribution in [-0.2, 0) is 4.79 Å². The number of hydrazine groups is 1. The van der Waals surface area contributed by atoms with Gasteiger partial charge in [-0.2, -0.15) is 0 Å². The number of rotatable bonds is 4. The lowest BCUT2D eigenvalue weighted by Gasteiger charge is -2.16. The van der Waals surface area contributed by atoms with Gasteiger partial charge < -0.3 is 5.73 Å². The molecular weight excluding hydrogens is 270 g/mol. The normalized spacial score (nSPS) is 12.6. The van der Waals surface area contributed by atoms with E-state index in [0.29, 0.717) is 0 Å². The number of halogens is 1. The van der Waals surface area contributed by atoms with Gasteiger partial charge in [-0.25, -0.2) is 5.01 Å². The van der Waals surface area contributed by atoms with Crippen LogP contribution in [0, 0.1) is 0 Å². The van der Waals surface area contributed by atoms with Gasteiger partial charge in [0.2, 0.25) is 5.91 Å². The summed E-state index contributed by atoms with van der Waals surface area (Å²) in [7, 11) is 3.53. The Bertz CT molecular complexity index is 368. The molecule has 16 heavy (non-hydrogen) atoms. The number of benzene rings is 1. The molecule has 1 aromatic carbocycles. The van der Waals surface area contributed by atoms with Gasteiger partial charge in [-0.15, -0.1) is 0 Å². The predicted octanol–water partition coefficient (Wildman–Crippen LogP) is 1.43. The molecule has 0 saturated heterocycles. The van der Waals surface area contributed by atoms with Crippen molar-refractivity contribution in [3.05, 3.63) is 34.3 Å². The lowest BCUT2D eigenvalue weighted by atomic mass is 10.0. The van der Waals surface area contributed by atoms with Crippen LogP contribution in [0.2, 0.25) is 0 Å². The first-order valence-corrected chi connectivity index (χ1v) is 5.77. The van der Waals surface area contributed by atoms with Crippen molar-refractivity contribution in [1.82, 2.24) is 10.4 Å². The van der Waals surface area contributed by atoms with Crippen molar-refractivity contribution in [3.8, 4) is 0 Å². The molecular formula is C11H16BrN3O. The van der Waals surface area contributed by atoms with Gasteiger partial charge in [0.25, 0.3) is 0 Å². The number of amides is 1. The molecule has 0 aliphatic rings. The van der Waals surface area contributed by atoms with E-state index in [4.69, 9.17) is 5.73 Å². The Labute approximate surface area is 104 Å². The van der Waals surface area contributed by atoms with Crippen molar-refractivity contribution in [2.75, 3.05) is 14.1 Å². The molecule has 1 amide bonds. The lowest BCUT2D eigenvalue weighted by molar-refractivity contribution is -0.125. The zero-order valence-electron chi connectivity index (χ0n) is 9.40. The highest BCUT2D eigenvalue weighted by molar-refractivity contribution is 9.10. The SMILES string of the molecule is CN(C)NC(=O)CC(N)c1ccccc1Br. The number of nitrogens with two attached hydrogens (primary N) is 1. The molecule has 4 nitrogen and oxygen atoms in total. The molecule has 88 valence electrons. The highest BCUT2D eigenvalue weighted by atomic mass is 79.9. The van der Waals surface area contributed by atoms with Gasteiger partial charge in [0.15, 0.2) is 0 Å². The van der Waals surface area contributed by atoms with Gasteiger partial charge in [0, 0.05) is 31.0 Å². The van der Waals surface area contributed by atoms with E-state index in [2.05, 4.69) is 21.4 Å². The first kappa shape index (κ1) is 13.2. The fraction of sp³-hybridized carbons (Fsp3) is 0.364. The molecule has 0 bridgehead atoms. The summed E-state index contributed by atoms with van der Waals surface area (Å²) in [5.41, 5.74) is 9.57. The average Bonchev–Trinajstić information content (AvgIpc) is 2.16. The zero-order valence-corrected chi connectivity index (χ0v) is 11.0. The molecule has 0 saturated carbocycles. The third kappa shape index (κ3) is 3.92. The van der Waals surface area contributed by atoms with E-state index in [1.807, 2.05) is 24.3 Å². The predicted molar refractivity (Wildman–Crippen MR) is 67.5 cm³/mol. The fourth-order valence-corrected chi connectivity index (χ4v) is 1.96. The van der Waals surface area contributed by atoms with Crippen LogP contribution >= 0.6 is 15.9 Å². The average molecular weight is 286 g/mol. The Kier molecular flexibility index (Phi) is 4.92. The minimum Gasteiger partial charge on any atom is -0.323 e. The third-order valence-electron chi connectivity index (χ3n) is 2.06. The van der Waals surface area contributed by atoms with E-state index in [-0.39, 0.29) is 18.4 Å². The molecule has 1 unspecified atom stereocenters. The second-order valence-electron chi connectivity index (χ2n) is 3.76. The summed E-state index contributed by atoms with van der Waals surface area (Å²) in [4.78, 5) is 11.5. The Morgan fingerprint density at radius 3 is 2.69 bits per heavy atom. The fourth-order valence-electron chi connectivity index (χ4n) is 1.38. The molecule has 0 radical (unpaired) electrons. The number of carbonyl (C=O) groups excluding carboxylic acids is 1. The first-order valence-electron chi connectivity index (χ1n) is 4.97.